The molecule has 1 aromatic heterocycles. The number of hydrogen-bond donors (Lipinski definition) is 0. The van der Waals surface area contributed by atoms with Crippen molar-refractivity contribution >= 4 is 5.95 Å². The van der Waals surface area contributed by atoms with E-state index in [0.717, 1.165) is 44.9 Å². The largest absolute Gasteiger partial charge is 0.419 e. The Labute approximate surface area is 140 Å². The van der Waals surface area contributed by atoms with E-state index in [9.17, 15) is 13.2 Å². The van der Waals surface area contributed by atoms with Crippen molar-refractivity contribution in [2.45, 2.75) is 57.2 Å². The third-order valence-electron chi connectivity index (χ3n) is 4.98. The topological polar surface area (TPSA) is 38.2 Å². The Morgan fingerprint density at radius 1 is 1.00 bits per heavy atom. The summed E-state index contributed by atoms with van der Waals surface area (Å²) in [6.07, 6.45) is 5.93. The molecule has 2 fully saturated rings. The number of anilines is 1. The van der Waals surface area contributed by atoms with Crippen molar-refractivity contribution in [3.63, 3.8) is 0 Å². The summed E-state index contributed by atoms with van der Waals surface area (Å²) < 4.78 is 43.7. The van der Waals surface area contributed by atoms with Crippen molar-refractivity contribution in [2.75, 3.05) is 24.6 Å². The molecule has 2 heterocycles. The van der Waals surface area contributed by atoms with E-state index in [2.05, 4.69) is 9.97 Å². The van der Waals surface area contributed by atoms with Crippen LogP contribution in [0.1, 0.15) is 50.5 Å². The molecule has 0 spiro atoms. The Kier molecular flexibility index (Phi) is 5.58. The van der Waals surface area contributed by atoms with E-state index in [4.69, 9.17) is 4.74 Å². The number of aromatic nitrogens is 2. The van der Waals surface area contributed by atoms with Crippen molar-refractivity contribution in [2.24, 2.45) is 5.92 Å². The lowest BCUT2D eigenvalue weighted by molar-refractivity contribution is -0.138. The van der Waals surface area contributed by atoms with E-state index >= 15 is 0 Å². The fraction of sp³-hybridized carbons (Fsp3) is 0.765. The molecule has 1 saturated carbocycles. The fourth-order valence-corrected chi connectivity index (χ4v) is 3.43. The van der Waals surface area contributed by atoms with Crippen LogP contribution in [-0.4, -0.2) is 35.8 Å². The van der Waals surface area contributed by atoms with E-state index in [-0.39, 0.29) is 0 Å². The minimum atomic E-state index is -4.39. The molecule has 0 unspecified atom stereocenters. The second kappa shape index (κ2) is 7.68. The van der Waals surface area contributed by atoms with Crippen molar-refractivity contribution in [3.8, 4) is 0 Å². The van der Waals surface area contributed by atoms with Gasteiger partial charge < -0.3 is 9.64 Å². The first-order chi connectivity index (χ1) is 11.5. The van der Waals surface area contributed by atoms with Crippen LogP contribution in [0.25, 0.3) is 0 Å². The predicted octanol–water partition coefficient (Wildman–Crippen LogP) is 4.06. The maximum Gasteiger partial charge on any atom is 0.419 e. The summed E-state index contributed by atoms with van der Waals surface area (Å²) in [6, 6.07) is 0. The van der Waals surface area contributed by atoms with Gasteiger partial charge in [0, 0.05) is 32.1 Å². The zero-order valence-corrected chi connectivity index (χ0v) is 13.8. The van der Waals surface area contributed by atoms with Gasteiger partial charge in [0.25, 0.3) is 0 Å². The van der Waals surface area contributed by atoms with Gasteiger partial charge in [0.1, 0.15) is 0 Å². The number of ether oxygens (including phenoxy) is 1. The molecule has 0 amide bonds. The smallest absolute Gasteiger partial charge is 0.378 e. The quantitative estimate of drug-likeness (QED) is 0.826. The SMILES string of the molecule is FC(F)(F)c1cnc(N2CCC(COC3CCCCC3)CC2)nc1. The summed E-state index contributed by atoms with van der Waals surface area (Å²) in [6.45, 7) is 2.33. The number of rotatable bonds is 4. The third kappa shape index (κ3) is 4.59. The zero-order valence-electron chi connectivity index (χ0n) is 13.8. The fourth-order valence-electron chi connectivity index (χ4n) is 3.43. The monoisotopic (exact) mass is 343 g/mol. The first kappa shape index (κ1) is 17.5. The first-order valence-electron chi connectivity index (χ1n) is 8.78. The first-order valence-corrected chi connectivity index (χ1v) is 8.78. The number of halogens is 3. The molecular formula is C17H24F3N3O. The van der Waals surface area contributed by atoms with Gasteiger partial charge in [0.2, 0.25) is 5.95 Å². The lowest BCUT2D eigenvalue weighted by atomic mass is 9.96. The molecule has 0 radical (unpaired) electrons. The van der Waals surface area contributed by atoms with Crippen molar-refractivity contribution in [1.29, 1.82) is 0 Å². The average Bonchev–Trinajstić information content (AvgIpc) is 2.61. The molecule has 24 heavy (non-hydrogen) atoms. The van der Waals surface area contributed by atoms with Crippen LogP contribution in [0.4, 0.5) is 19.1 Å². The number of nitrogens with zero attached hydrogens (tertiary/aromatic N) is 3. The second-order valence-electron chi connectivity index (χ2n) is 6.79. The molecule has 4 nitrogen and oxygen atoms in total. The molecule has 2 aliphatic rings. The van der Waals surface area contributed by atoms with Crippen LogP contribution in [0.2, 0.25) is 0 Å². The standard InChI is InChI=1S/C17H24F3N3O/c18-17(19,20)14-10-21-16(22-11-14)23-8-6-13(7-9-23)12-24-15-4-2-1-3-5-15/h10-11,13,15H,1-9,12H2. The molecule has 0 bridgehead atoms. The Morgan fingerprint density at radius 2 is 1.62 bits per heavy atom. The Bertz CT molecular complexity index is 507. The molecule has 0 N–H and O–H groups in total. The summed E-state index contributed by atoms with van der Waals surface area (Å²) in [5.74, 6) is 0.910. The van der Waals surface area contributed by atoms with Crippen LogP contribution in [-0.2, 0) is 10.9 Å². The summed E-state index contributed by atoms with van der Waals surface area (Å²) in [7, 11) is 0. The van der Waals surface area contributed by atoms with Gasteiger partial charge in [-0.3, -0.25) is 0 Å². The van der Waals surface area contributed by atoms with Gasteiger partial charge in [-0.15, -0.1) is 0 Å². The highest BCUT2D eigenvalue weighted by atomic mass is 19.4. The van der Waals surface area contributed by atoms with Gasteiger partial charge in [-0.25, -0.2) is 9.97 Å². The van der Waals surface area contributed by atoms with Crippen LogP contribution in [0.3, 0.4) is 0 Å². The van der Waals surface area contributed by atoms with Crippen molar-refractivity contribution in [3.05, 3.63) is 18.0 Å². The van der Waals surface area contributed by atoms with E-state index in [1.54, 1.807) is 0 Å². The third-order valence-corrected chi connectivity index (χ3v) is 4.98. The van der Waals surface area contributed by atoms with Crippen LogP contribution in [0.5, 0.6) is 0 Å². The Morgan fingerprint density at radius 3 is 2.21 bits per heavy atom. The molecule has 1 aromatic rings. The molecule has 0 aromatic carbocycles. The highest BCUT2D eigenvalue weighted by molar-refractivity contribution is 5.31. The summed E-state index contributed by atoms with van der Waals surface area (Å²) in [5, 5.41) is 0. The molecule has 1 saturated heterocycles. The normalized spacial score (nSPS) is 21.2. The minimum Gasteiger partial charge on any atom is -0.378 e. The van der Waals surface area contributed by atoms with E-state index < -0.39 is 11.7 Å². The molecule has 0 atom stereocenters. The van der Waals surface area contributed by atoms with Crippen molar-refractivity contribution < 1.29 is 17.9 Å². The van der Waals surface area contributed by atoms with Gasteiger partial charge in [-0.05, 0) is 31.6 Å². The molecular weight excluding hydrogens is 319 g/mol. The van der Waals surface area contributed by atoms with Crippen molar-refractivity contribution in [1.82, 2.24) is 9.97 Å². The number of alkyl halides is 3. The van der Waals surface area contributed by atoms with Crippen LogP contribution >= 0.6 is 0 Å². The molecule has 1 aliphatic carbocycles. The Balaban J connectivity index is 1.44. The summed E-state index contributed by atoms with van der Waals surface area (Å²) in [5.41, 5.74) is -0.804. The van der Waals surface area contributed by atoms with Crippen LogP contribution < -0.4 is 4.90 Å². The van der Waals surface area contributed by atoms with Crippen LogP contribution in [0, 0.1) is 5.92 Å². The summed E-state index contributed by atoms with van der Waals surface area (Å²) >= 11 is 0. The molecule has 7 heteroatoms. The highest BCUT2D eigenvalue weighted by Crippen LogP contribution is 2.29. The predicted molar refractivity (Wildman–Crippen MR) is 84.8 cm³/mol. The maximum atomic E-state index is 12.5. The van der Waals surface area contributed by atoms with E-state index in [0.29, 0.717) is 18.0 Å². The summed E-state index contributed by atoms with van der Waals surface area (Å²) in [4.78, 5) is 9.71. The van der Waals surface area contributed by atoms with E-state index in [1.807, 2.05) is 4.90 Å². The van der Waals surface area contributed by atoms with Crippen LogP contribution in [0.15, 0.2) is 12.4 Å². The average molecular weight is 343 g/mol. The zero-order chi connectivity index (χ0) is 17.0. The van der Waals surface area contributed by atoms with Gasteiger partial charge >= 0.3 is 6.18 Å². The second-order valence-corrected chi connectivity index (χ2v) is 6.79. The highest BCUT2D eigenvalue weighted by Gasteiger charge is 2.32. The maximum absolute atomic E-state index is 12.5. The Hall–Kier alpha value is -1.37. The van der Waals surface area contributed by atoms with Gasteiger partial charge in [0.05, 0.1) is 11.7 Å². The van der Waals surface area contributed by atoms with E-state index in [1.165, 1.54) is 32.1 Å². The molecule has 134 valence electrons. The number of hydrogen-bond acceptors (Lipinski definition) is 4. The molecule has 3 rings (SSSR count). The number of piperidine rings is 1. The lowest BCUT2D eigenvalue weighted by Crippen LogP contribution is -2.36. The lowest BCUT2D eigenvalue weighted by Gasteiger charge is -2.33. The molecule has 1 aliphatic heterocycles. The van der Waals surface area contributed by atoms with Gasteiger partial charge in [-0.2, -0.15) is 13.2 Å². The van der Waals surface area contributed by atoms with Gasteiger partial charge in [-0.1, -0.05) is 19.3 Å². The van der Waals surface area contributed by atoms with Gasteiger partial charge in [0.15, 0.2) is 0 Å². The minimum absolute atomic E-state index is 0.384.